The van der Waals surface area contributed by atoms with Crippen molar-refractivity contribution in [1.29, 1.82) is 0 Å². The molecule has 75 heavy (non-hydrogen) atoms. The Hall–Kier alpha value is -8.86. The molecule has 0 saturated carbocycles. The average molecular weight is 967 g/mol. The molecule has 1 aliphatic heterocycles. The van der Waals surface area contributed by atoms with Crippen molar-refractivity contribution in [1.82, 2.24) is 0 Å². The molecule has 5 aliphatic rings. The molecular weight excluding hydrogens is 913 g/mol. The zero-order valence-corrected chi connectivity index (χ0v) is 42.1. The number of hydrogen-bond acceptors (Lipinski definition) is 4. The van der Waals surface area contributed by atoms with Crippen LogP contribution in [0.2, 0.25) is 0 Å². The van der Waals surface area contributed by atoms with Crippen LogP contribution in [0.3, 0.4) is 0 Å². The van der Waals surface area contributed by atoms with Crippen LogP contribution in [-0.4, -0.2) is 12.1 Å². The van der Waals surface area contributed by atoms with Gasteiger partial charge in [-0.2, -0.15) is 0 Å². The third kappa shape index (κ3) is 6.82. The van der Waals surface area contributed by atoms with Crippen molar-refractivity contribution < 1.29 is 9.15 Å². The molecule has 4 heteroatoms. The molecule has 3 unspecified atom stereocenters. The second-order valence-electron chi connectivity index (χ2n) is 21.3. The van der Waals surface area contributed by atoms with Crippen LogP contribution in [0.15, 0.2) is 246 Å². The van der Waals surface area contributed by atoms with E-state index >= 15 is 0 Å². The standard InChI is InChI=1S/C71H54N2O2/c1-71(2)61-43-51(72(49-27-11-5-12-28-49)63-35-19-33-57-65-53-31-17-15-25-47(53)41-59(69(65)74-67(57)63)45-21-7-3-8-22-45)37-39-55(61)56-40-38-52(44-62(56)71)73(50-29-13-6-14-30-50)64-36-20-34-58-66-54-32-18-16-26-48(54)42-60(70(66)75-68(58)64)46-23-9-4-10-24-46/h3-9,11-23,25-29,31-44,50,66,70H,10,24,30H2,1-2H3. The molecule has 0 bridgehead atoms. The first-order valence-corrected chi connectivity index (χ1v) is 26.6. The van der Waals surface area contributed by atoms with E-state index in [2.05, 4.69) is 260 Å². The molecule has 4 aliphatic carbocycles. The summed E-state index contributed by atoms with van der Waals surface area (Å²) in [6, 6.07) is 69.1. The van der Waals surface area contributed by atoms with Crippen LogP contribution in [0, 0.1) is 0 Å². The summed E-state index contributed by atoms with van der Waals surface area (Å²) in [5.74, 6) is 1.10. The first kappa shape index (κ1) is 43.7. The van der Waals surface area contributed by atoms with Gasteiger partial charge in [-0.05, 0) is 141 Å². The predicted molar refractivity (Wildman–Crippen MR) is 311 cm³/mol. The van der Waals surface area contributed by atoms with Gasteiger partial charge in [0.1, 0.15) is 17.4 Å². The van der Waals surface area contributed by atoms with Crippen LogP contribution >= 0.6 is 0 Å². The smallest absolute Gasteiger partial charge is 0.159 e. The lowest BCUT2D eigenvalue weighted by Gasteiger charge is -2.34. The summed E-state index contributed by atoms with van der Waals surface area (Å²) in [6.45, 7) is 4.80. The third-order valence-electron chi connectivity index (χ3n) is 16.8. The molecule has 15 rings (SSSR count). The number of ether oxygens (including phenoxy) is 1. The maximum Gasteiger partial charge on any atom is 0.159 e. The zero-order valence-electron chi connectivity index (χ0n) is 42.1. The molecule has 0 spiro atoms. The van der Waals surface area contributed by atoms with Gasteiger partial charge in [0, 0.05) is 44.4 Å². The Morgan fingerprint density at radius 2 is 1.28 bits per heavy atom. The van der Waals surface area contributed by atoms with E-state index in [9.17, 15) is 0 Å². The van der Waals surface area contributed by atoms with Gasteiger partial charge in [0.15, 0.2) is 5.58 Å². The molecule has 1 aromatic heterocycles. The molecule has 0 saturated heterocycles. The van der Waals surface area contributed by atoms with Crippen LogP contribution in [0.25, 0.3) is 61.0 Å². The van der Waals surface area contributed by atoms with Gasteiger partial charge in [0.05, 0.1) is 23.3 Å². The molecule has 3 atom stereocenters. The Morgan fingerprint density at radius 1 is 0.560 bits per heavy atom. The van der Waals surface area contributed by atoms with Crippen molar-refractivity contribution in [3.05, 3.63) is 270 Å². The highest BCUT2D eigenvalue weighted by atomic mass is 16.5. The van der Waals surface area contributed by atoms with Crippen LogP contribution < -0.4 is 14.5 Å². The lowest BCUT2D eigenvalue weighted by molar-refractivity contribution is 0.256. The predicted octanol–water partition coefficient (Wildman–Crippen LogP) is 18.8. The molecule has 360 valence electrons. The lowest BCUT2D eigenvalue weighted by Crippen LogP contribution is -2.31. The molecule has 10 aromatic rings. The van der Waals surface area contributed by atoms with Crippen molar-refractivity contribution >= 4 is 67.2 Å². The van der Waals surface area contributed by atoms with E-state index in [-0.39, 0.29) is 23.5 Å². The number of fused-ring (bicyclic) bond motifs is 13. The van der Waals surface area contributed by atoms with Crippen molar-refractivity contribution in [2.75, 3.05) is 9.80 Å². The highest BCUT2D eigenvalue weighted by Gasteiger charge is 2.44. The second-order valence-corrected chi connectivity index (χ2v) is 21.3. The topological polar surface area (TPSA) is 28.9 Å². The lowest BCUT2D eigenvalue weighted by atomic mass is 9.75. The van der Waals surface area contributed by atoms with Gasteiger partial charge in [-0.1, -0.05) is 190 Å². The number of hydrogen-bond donors (Lipinski definition) is 0. The summed E-state index contributed by atoms with van der Waals surface area (Å²) in [5.41, 5.74) is 20.8. The minimum atomic E-state index is -0.322. The number of anilines is 5. The Morgan fingerprint density at radius 3 is 2.09 bits per heavy atom. The first-order valence-electron chi connectivity index (χ1n) is 26.6. The molecule has 0 radical (unpaired) electrons. The Bertz CT molecular complexity index is 4130. The Kier molecular flexibility index (Phi) is 9.97. The molecule has 0 amide bonds. The van der Waals surface area contributed by atoms with E-state index in [1.54, 1.807) is 0 Å². The number of rotatable bonds is 8. The van der Waals surface area contributed by atoms with E-state index in [0.29, 0.717) is 0 Å². The summed E-state index contributed by atoms with van der Waals surface area (Å²) in [5, 5.41) is 4.61. The molecule has 4 nitrogen and oxygen atoms in total. The minimum absolute atomic E-state index is 0.0963. The maximum absolute atomic E-state index is 7.41. The molecule has 0 N–H and O–H groups in total. The summed E-state index contributed by atoms with van der Waals surface area (Å²) in [6.07, 6.45) is 21.1. The van der Waals surface area contributed by atoms with Crippen LogP contribution in [0.5, 0.6) is 5.75 Å². The fourth-order valence-corrected chi connectivity index (χ4v) is 13.2. The van der Waals surface area contributed by atoms with E-state index in [1.807, 2.05) is 0 Å². The summed E-state index contributed by atoms with van der Waals surface area (Å²) in [4.78, 5) is 4.94. The molecular formula is C71H54N2O2. The van der Waals surface area contributed by atoms with Gasteiger partial charge in [0.2, 0.25) is 0 Å². The van der Waals surface area contributed by atoms with E-state index in [1.165, 1.54) is 60.9 Å². The Balaban J connectivity index is 0.849. The van der Waals surface area contributed by atoms with Crippen LogP contribution in [-0.2, 0) is 5.41 Å². The van der Waals surface area contributed by atoms with Gasteiger partial charge < -0.3 is 19.0 Å². The van der Waals surface area contributed by atoms with Crippen molar-refractivity contribution in [2.45, 2.75) is 56.6 Å². The third-order valence-corrected chi connectivity index (χ3v) is 16.8. The maximum atomic E-state index is 7.41. The highest BCUT2D eigenvalue weighted by Crippen LogP contribution is 2.57. The summed E-state index contributed by atoms with van der Waals surface area (Å²) < 4.78 is 14.7. The highest BCUT2D eigenvalue weighted by molar-refractivity contribution is 6.24. The zero-order chi connectivity index (χ0) is 49.8. The van der Waals surface area contributed by atoms with Gasteiger partial charge in [-0.3, -0.25) is 0 Å². The van der Waals surface area contributed by atoms with Gasteiger partial charge in [-0.25, -0.2) is 0 Å². The number of allylic oxidation sites excluding steroid dienone is 5. The van der Waals surface area contributed by atoms with Crippen LogP contribution in [0.4, 0.5) is 28.4 Å². The van der Waals surface area contributed by atoms with E-state index in [4.69, 9.17) is 9.15 Å². The normalized spacial score (nSPS) is 18.5. The summed E-state index contributed by atoms with van der Waals surface area (Å²) in [7, 11) is 0. The first-order chi connectivity index (χ1) is 37.0. The quantitative estimate of drug-likeness (QED) is 0.152. The van der Waals surface area contributed by atoms with Crippen molar-refractivity contribution in [2.24, 2.45) is 0 Å². The van der Waals surface area contributed by atoms with Gasteiger partial charge in [-0.15, -0.1) is 0 Å². The van der Waals surface area contributed by atoms with E-state index < -0.39 is 0 Å². The average Bonchev–Trinajstić information content (AvgIpc) is 4.14. The monoisotopic (exact) mass is 966 g/mol. The number of nitrogens with zero attached hydrogens (tertiary/aromatic N) is 2. The van der Waals surface area contributed by atoms with Gasteiger partial charge in [0.25, 0.3) is 0 Å². The molecule has 9 aromatic carbocycles. The van der Waals surface area contributed by atoms with Crippen molar-refractivity contribution in [3.8, 4) is 28.0 Å². The summed E-state index contributed by atoms with van der Waals surface area (Å²) >= 11 is 0. The largest absolute Gasteiger partial charge is 0.482 e. The van der Waals surface area contributed by atoms with Crippen LogP contribution in [0.1, 0.15) is 66.8 Å². The fraction of sp³-hybridized carbons (Fsp3) is 0.127. The minimum Gasteiger partial charge on any atom is -0.482 e. The van der Waals surface area contributed by atoms with Gasteiger partial charge >= 0.3 is 0 Å². The van der Waals surface area contributed by atoms with Crippen molar-refractivity contribution in [3.63, 3.8) is 0 Å². The van der Waals surface area contributed by atoms with E-state index in [0.717, 1.165) is 86.5 Å². The number of benzene rings is 9. The number of para-hydroxylation sites is 3. The molecule has 0 fully saturated rings. The Labute approximate surface area is 438 Å². The SMILES string of the molecule is CC1(C)c2cc(N(c3ccccc3)c3cccc4c3oc3c(-c5ccccc5)cc5ccccc5c34)ccc2-c2ccc(N(c3cccc4c3OC3C(C5=CC=CCC5)=Cc5ccccc5C43)C3C=CC=CC3)cc21. The fourth-order valence-electron chi connectivity index (χ4n) is 13.2. The second kappa shape index (κ2) is 17.1. The number of furan rings is 1. The molecule has 2 heterocycles.